The van der Waals surface area contributed by atoms with Gasteiger partial charge in [0, 0.05) is 18.1 Å². The lowest BCUT2D eigenvalue weighted by Gasteiger charge is -2.11. The number of benzene rings is 1. The monoisotopic (exact) mass is 365 g/mol. The van der Waals surface area contributed by atoms with Gasteiger partial charge >= 0.3 is 5.69 Å². The standard InChI is InChI=1S/C17H15N7O3/c1-11-4-6-13(7-5-11)21-15-14(24(26)27)16(20-10-19-15)22-23-17(25)12-3-2-8-18-9-12/h2-10H,1H3,(H,23,25)(H2,19,20,21,22). The molecule has 2 aromatic heterocycles. The number of nitro groups is 1. The molecule has 0 spiro atoms. The molecule has 27 heavy (non-hydrogen) atoms. The lowest BCUT2D eigenvalue weighted by atomic mass is 10.2. The summed E-state index contributed by atoms with van der Waals surface area (Å²) in [7, 11) is 0. The summed E-state index contributed by atoms with van der Waals surface area (Å²) in [5, 5.41) is 14.4. The van der Waals surface area contributed by atoms with Crippen LogP contribution in [0, 0.1) is 17.0 Å². The minimum atomic E-state index is -0.630. The first-order valence-electron chi connectivity index (χ1n) is 7.84. The molecule has 0 atom stereocenters. The minimum Gasteiger partial charge on any atom is -0.334 e. The summed E-state index contributed by atoms with van der Waals surface area (Å²) < 4.78 is 0. The molecule has 0 aliphatic rings. The van der Waals surface area contributed by atoms with Gasteiger partial charge in [0.2, 0.25) is 11.6 Å². The van der Waals surface area contributed by atoms with Gasteiger partial charge in [0.1, 0.15) is 6.33 Å². The van der Waals surface area contributed by atoms with Gasteiger partial charge in [0.15, 0.2) is 0 Å². The second-order valence-electron chi connectivity index (χ2n) is 5.49. The van der Waals surface area contributed by atoms with Gasteiger partial charge in [-0.1, -0.05) is 17.7 Å². The first-order chi connectivity index (χ1) is 13.0. The van der Waals surface area contributed by atoms with Crippen molar-refractivity contribution in [2.45, 2.75) is 6.92 Å². The number of pyridine rings is 1. The van der Waals surface area contributed by atoms with Crippen LogP contribution in [0.15, 0.2) is 55.1 Å². The van der Waals surface area contributed by atoms with Gasteiger partial charge in [-0.05, 0) is 31.2 Å². The molecule has 3 aromatic rings. The summed E-state index contributed by atoms with van der Waals surface area (Å²) in [6.07, 6.45) is 4.06. The smallest absolute Gasteiger partial charge is 0.334 e. The zero-order valence-corrected chi connectivity index (χ0v) is 14.2. The number of aromatic nitrogens is 3. The van der Waals surface area contributed by atoms with Gasteiger partial charge in [-0.3, -0.25) is 30.7 Å². The van der Waals surface area contributed by atoms with Crippen molar-refractivity contribution in [1.82, 2.24) is 20.4 Å². The molecule has 10 heteroatoms. The highest BCUT2D eigenvalue weighted by Crippen LogP contribution is 2.30. The van der Waals surface area contributed by atoms with Crippen LogP contribution in [0.2, 0.25) is 0 Å². The van der Waals surface area contributed by atoms with Crippen molar-refractivity contribution in [2.24, 2.45) is 0 Å². The maximum absolute atomic E-state index is 12.1. The highest BCUT2D eigenvalue weighted by Gasteiger charge is 2.23. The maximum Gasteiger partial charge on any atom is 0.355 e. The third-order valence-corrected chi connectivity index (χ3v) is 3.54. The normalized spacial score (nSPS) is 10.1. The van der Waals surface area contributed by atoms with E-state index in [9.17, 15) is 14.9 Å². The van der Waals surface area contributed by atoms with Crippen molar-refractivity contribution >= 4 is 28.9 Å². The molecule has 0 fully saturated rings. The Kier molecular flexibility index (Phi) is 5.17. The molecule has 136 valence electrons. The Morgan fingerprint density at radius 3 is 2.52 bits per heavy atom. The lowest BCUT2D eigenvalue weighted by molar-refractivity contribution is -0.383. The van der Waals surface area contributed by atoms with Crippen LogP contribution in [0.25, 0.3) is 0 Å². The van der Waals surface area contributed by atoms with E-state index in [-0.39, 0.29) is 11.6 Å². The number of anilines is 3. The van der Waals surface area contributed by atoms with Crippen LogP contribution in [0.4, 0.5) is 23.0 Å². The minimum absolute atomic E-state index is 0.00280. The number of hydrazine groups is 1. The largest absolute Gasteiger partial charge is 0.355 e. The van der Waals surface area contributed by atoms with Gasteiger partial charge in [0.05, 0.1) is 10.5 Å². The average Bonchev–Trinajstić information content (AvgIpc) is 2.68. The van der Waals surface area contributed by atoms with E-state index in [2.05, 4.69) is 31.1 Å². The number of rotatable bonds is 6. The van der Waals surface area contributed by atoms with Crippen LogP contribution in [0.5, 0.6) is 0 Å². The van der Waals surface area contributed by atoms with E-state index in [1.807, 2.05) is 19.1 Å². The van der Waals surface area contributed by atoms with Gasteiger partial charge in [-0.25, -0.2) is 9.97 Å². The molecule has 0 saturated carbocycles. The Hall–Kier alpha value is -4.08. The summed E-state index contributed by atoms with van der Waals surface area (Å²) in [6, 6.07) is 10.4. The predicted molar refractivity (Wildman–Crippen MR) is 98.5 cm³/mol. The molecular formula is C17H15N7O3. The van der Waals surface area contributed by atoms with E-state index in [4.69, 9.17) is 0 Å². The fourth-order valence-electron chi connectivity index (χ4n) is 2.19. The highest BCUT2D eigenvalue weighted by molar-refractivity contribution is 5.94. The molecule has 3 N–H and O–H groups in total. The van der Waals surface area contributed by atoms with Crippen LogP contribution < -0.4 is 16.2 Å². The summed E-state index contributed by atoms with van der Waals surface area (Å²) in [6.45, 7) is 1.93. The fourth-order valence-corrected chi connectivity index (χ4v) is 2.19. The Morgan fingerprint density at radius 2 is 1.85 bits per heavy atom. The topological polar surface area (TPSA) is 135 Å². The number of carbonyl (C=O) groups excluding carboxylic acids is 1. The Bertz CT molecular complexity index is 962. The molecule has 1 aromatic carbocycles. The Balaban J connectivity index is 1.82. The summed E-state index contributed by atoms with van der Waals surface area (Å²) in [5.74, 6) is -0.664. The zero-order valence-electron chi connectivity index (χ0n) is 14.2. The molecule has 2 heterocycles. The van der Waals surface area contributed by atoms with E-state index >= 15 is 0 Å². The highest BCUT2D eigenvalue weighted by atomic mass is 16.6. The van der Waals surface area contributed by atoms with Gasteiger partial charge in [-0.2, -0.15) is 0 Å². The molecular weight excluding hydrogens is 350 g/mol. The molecule has 0 unspecified atom stereocenters. The van der Waals surface area contributed by atoms with E-state index in [1.54, 1.807) is 24.3 Å². The predicted octanol–water partition coefficient (Wildman–Crippen LogP) is 2.59. The third-order valence-electron chi connectivity index (χ3n) is 3.54. The van der Waals surface area contributed by atoms with E-state index in [0.717, 1.165) is 11.9 Å². The zero-order chi connectivity index (χ0) is 19.2. The van der Waals surface area contributed by atoms with Crippen molar-refractivity contribution in [3.8, 4) is 0 Å². The van der Waals surface area contributed by atoms with E-state index in [1.165, 1.54) is 12.4 Å². The van der Waals surface area contributed by atoms with Crippen molar-refractivity contribution in [3.63, 3.8) is 0 Å². The average molecular weight is 365 g/mol. The second kappa shape index (κ2) is 7.87. The van der Waals surface area contributed by atoms with Crippen LogP contribution >= 0.6 is 0 Å². The number of amides is 1. The first-order valence-corrected chi connectivity index (χ1v) is 7.84. The Labute approximate surface area is 153 Å². The quantitative estimate of drug-likeness (QED) is 0.448. The van der Waals surface area contributed by atoms with Crippen LogP contribution in [-0.2, 0) is 0 Å². The molecule has 1 amide bonds. The molecule has 0 aliphatic heterocycles. The fraction of sp³-hybridized carbons (Fsp3) is 0.0588. The summed E-state index contributed by atoms with van der Waals surface area (Å²) >= 11 is 0. The summed E-state index contributed by atoms with van der Waals surface area (Å²) in [5.41, 5.74) is 6.40. The number of nitrogens with one attached hydrogen (secondary N) is 3. The van der Waals surface area contributed by atoms with Gasteiger partial charge in [0.25, 0.3) is 5.91 Å². The second-order valence-corrected chi connectivity index (χ2v) is 5.49. The molecule has 10 nitrogen and oxygen atoms in total. The van der Waals surface area contributed by atoms with E-state index in [0.29, 0.717) is 11.3 Å². The molecule has 0 radical (unpaired) electrons. The molecule has 0 bridgehead atoms. The Morgan fingerprint density at radius 1 is 1.11 bits per heavy atom. The number of hydrogen-bond acceptors (Lipinski definition) is 8. The molecule has 3 rings (SSSR count). The maximum atomic E-state index is 12.1. The van der Waals surface area contributed by atoms with Crippen molar-refractivity contribution in [3.05, 3.63) is 76.4 Å². The number of aryl methyl sites for hydroxylation is 1. The van der Waals surface area contributed by atoms with Crippen LogP contribution in [0.3, 0.4) is 0 Å². The number of hydrogen-bond donors (Lipinski definition) is 3. The number of nitrogens with zero attached hydrogens (tertiary/aromatic N) is 4. The lowest BCUT2D eigenvalue weighted by Crippen LogP contribution is -2.30. The van der Waals surface area contributed by atoms with Crippen LogP contribution in [-0.4, -0.2) is 25.8 Å². The van der Waals surface area contributed by atoms with Gasteiger partial charge < -0.3 is 5.32 Å². The van der Waals surface area contributed by atoms with E-state index < -0.39 is 16.5 Å². The number of carbonyl (C=O) groups is 1. The van der Waals surface area contributed by atoms with Crippen molar-refractivity contribution in [1.29, 1.82) is 0 Å². The van der Waals surface area contributed by atoms with Gasteiger partial charge in [-0.15, -0.1) is 0 Å². The SMILES string of the molecule is Cc1ccc(Nc2ncnc(NNC(=O)c3cccnc3)c2[N+](=O)[O-])cc1. The third kappa shape index (κ3) is 4.31. The first kappa shape index (κ1) is 17.7. The van der Waals surface area contributed by atoms with Crippen LogP contribution in [0.1, 0.15) is 15.9 Å². The van der Waals surface area contributed by atoms with Crippen molar-refractivity contribution in [2.75, 3.05) is 10.7 Å². The molecule has 0 saturated heterocycles. The molecule has 0 aliphatic carbocycles. The summed E-state index contributed by atoms with van der Waals surface area (Å²) in [4.78, 5) is 34.6. The van der Waals surface area contributed by atoms with Crippen molar-refractivity contribution < 1.29 is 9.72 Å².